The van der Waals surface area contributed by atoms with Crippen molar-refractivity contribution in [2.75, 3.05) is 7.05 Å². The normalized spacial score (nSPS) is 20.3. The van der Waals surface area contributed by atoms with Gasteiger partial charge in [0.1, 0.15) is 7.05 Å². The summed E-state index contributed by atoms with van der Waals surface area (Å²) in [6.07, 6.45) is 13.3. The summed E-state index contributed by atoms with van der Waals surface area (Å²) in [5.41, 5.74) is 28.7. The number of allylic oxidation sites excluding steroid dienone is 9. The minimum absolute atomic E-state index is 0.0133. The average molecular weight is 575 g/mol. The van der Waals surface area contributed by atoms with Crippen LogP contribution in [0, 0.1) is 55.4 Å². The van der Waals surface area contributed by atoms with E-state index in [4.69, 9.17) is 7.74 Å². The van der Waals surface area contributed by atoms with Gasteiger partial charge in [0, 0.05) is 37.9 Å². The summed E-state index contributed by atoms with van der Waals surface area (Å²) in [6.45, 7) is 27.0. The number of nitrogens with zero attached hydrogens (tertiary/aromatic N) is 1. The highest BCUT2D eigenvalue weighted by Gasteiger charge is 2.33. The van der Waals surface area contributed by atoms with Crippen molar-refractivity contribution in [3.8, 4) is 0 Å². The lowest BCUT2D eigenvalue weighted by molar-refractivity contribution is -0.401. The molecule has 0 amide bonds. The summed E-state index contributed by atoms with van der Waals surface area (Å²) < 4.78 is 2.43. The van der Waals surface area contributed by atoms with Crippen LogP contribution in [0.1, 0.15) is 93.8 Å². The second kappa shape index (κ2) is 12.3. The topological polar surface area (TPSA) is 3.01 Å². The van der Waals surface area contributed by atoms with Crippen LogP contribution in [0.4, 0.5) is 5.69 Å². The smallest absolute Gasteiger partial charge is 0.198 e. The Morgan fingerprint density at radius 3 is 2.09 bits per heavy atom. The van der Waals surface area contributed by atoms with Gasteiger partial charge in [-0.2, -0.15) is 4.58 Å². The van der Waals surface area contributed by atoms with Gasteiger partial charge in [-0.05, 0) is 137 Å². The molecule has 0 bridgehead atoms. The zero-order valence-corrected chi connectivity index (χ0v) is 29.1. The highest BCUT2D eigenvalue weighted by molar-refractivity contribution is 7.36. The van der Waals surface area contributed by atoms with Gasteiger partial charge in [0.2, 0.25) is 5.69 Å². The van der Waals surface area contributed by atoms with Crippen molar-refractivity contribution in [2.24, 2.45) is 0 Å². The molecule has 44 heavy (non-hydrogen) atoms. The highest BCUT2D eigenvalue weighted by Crippen LogP contribution is 2.43. The molecular formula is C40H48B3N+. The quantitative estimate of drug-likeness (QED) is 0.195. The lowest BCUT2D eigenvalue weighted by Gasteiger charge is -2.17. The average Bonchev–Trinajstić information content (AvgIpc) is 3.48. The molecule has 0 N–H and O–H groups in total. The summed E-state index contributed by atoms with van der Waals surface area (Å²) in [7, 11) is 10.4. The first-order valence-electron chi connectivity index (χ1n) is 16.3. The first-order chi connectivity index (χ1) is 20.8. The summed E-state index contributed by atoms with van der Waals surface area (Å²) in [5, 5.41) is 0. The van der Waals surface area contributed by atoms with Gasteiger partial charge >= 0.3 is 0 Å². The van der Waals surface area contributed by atoms with E-state index in [1.165, 1.54) is 94.7 Å². The van der Waals surface area contributed by atoms with E-state index >= 15 is 0 Å². The molecule has 5 rings (SSSR count). The standard InChI is InChI=1S/C40H48B3N/c1-13-34-18-17-33(19-35-21-37-27(7)23(3)25(5)29(9)40(37)44(35)12)30(10)38(43(34)42-41)16-14-15-32-20-36-26(6)22(2)24(4)28(8)39(36)31(32)11/h14-16,19,31H,1,17-18,20-21H2,2-12H3/q+1/b16-14+,32-15+,33-19+. The predicted molar refractivity (Wildman–Crippen MR) is 195 cm³/mol. The molecule has 2 aromatic carbocycles. The zero-order chi connectivity index (χ0) is 32.2. The highest BCUT2D eigenvalue weighted by atomic mass is 15.0. The summed E-state index contributed by atoms with van der Waals surface area (Å²) in [5.74, 6) is 0.433. The van der Waals surface area contributed by atoms with Gasteiger partial charge in [-0.25, -0.2) is 0 Å². The third-order valence-corrected chi connectivity index (χ3v) is 11.8. The Bertz CT molecular complexity index is 1800. The van der Waals surface area contributed by atoms with Crippen LogP contribution in [-0.4, -0.2) is 38.7 Å². The summed E-state index contributed by atoms with van der Waals surface area (Å²) in [4.78, 5) is 0. The maximum Gasteiger partial charge on any atom is 0.212 e. The van der Waals surface area contributed by atoms with Gasteiger partial charge in [0.25, 0.3) is 0 Å². The van der Waals surface area contributed by atoms with Crippen LogP contribution in [0.15, 0.2) is 64.3 Å². The van der Waals surface area contributed by atoms with Gasteiger partial charge in [-0.15, -0.1) is 5.73 Å². The number of rotatable bonds is 4. The van der Waals surface area contributed by atoms with E-state index in [9.17, 15) is 0 Å². The zero-order valence-electron chi connectivity index (χ0n) is 29.1. The largest absolute Gasteiger partial charge is 0.212 e. The molecular weight excluding hydrogens is 527 g/mol. The SMILES string of the molecule is [B][B]B1C(=C=C)CC/C(=C\C2=[N+](C)c3c(C)c(C)c(C)c(C)c3C2)C(C)=C1/C=C/C=C1\Cc2c(C)c(C)c(C)c(C)c2C1C. The number of fused-ring (bicyclic) bond motifs is 2. The molecule has 1 aliphatic carbocycles. The van der Waals surface area contributed by atoms with Crippen LogP contribution in [0.25, 0.3) is 0 Å². The molecule has 0 saturated carbocycles. The molecule has 1 nitrogen and oxygen atoms in total. The fourth-order valence-electron chi connectivity index (χ4n) is 8.13. The lowest BCUT2D eigenvalue weighted by atomic mass is 9.09. The van der Waals surface area contributed by atoms with Crippen LogP contribution in [0.3, 0.4) is 0 Å². The van der Waals surface area contributed by atoms with Crippen LogP contribution in [0.5, 0.6) is 0 Å². The van der Waals surface area contributed by atoms with Gasteiger partial charge in [0.15, 0.2) is 12.3 Å². The van der Waals surface area contributed by atoms with Crippen molar-refractivity contribution >= 4 is 32.8 Å². The predicted octanol–water partition coefficient (Wildman–Crippen LogP) is 8.87. The van der Waals surface area contributed by atoms with Crippen LogP contribution < -0.4 is 0 Å². The van der Waals surface area contributed by atoms with Crippen molar-refractivity contribution in [3.63, 3.8) is 0 Å². The van der Waals surface area contributed by atoms with E-state index in [1.54, 1.807) is 5.56 Å². The Kier molecular flexibility index (Phi) is 8.99. The molecule has 2 heterocycles. The van der Waals surface area contributed by atoms with Crippen LogP contribution in [0.2, 0.25) is 0 Å². The van der Waals surface area contributed by atoms with Crippen molar-refractivity contribution in [3.05, 3.63) is 125 Å². The fraction of sp³-hybridized carbons (Fsp3) is 0.400. The van der Waals surface area contributed by atoms with Crippen molar-refractivity contribution in [1.82, 2.24) is 0 Å². The van der Waals surface area contributed by atoms with Crippen molar-refractivity contribution in [2.45, 2.75) is 101 Å². The van der Waals surface area contributed by atoms with Gasteiger partial charge in [-0.1, -0.05) is 53.8 Å². The van der Waals surface area contributed by atoms with E-state index in [2.05, 4.69) is 117 Å². The monoisotopic (exact) mass is 575 g/mol. The lowest BCUT2D eigenvalue weighted by Crippen LogP contribution is -2.28. The Hall–Kier alpha value is -3.22. The first kappa shape index (κ1) is 32.2. The fourth-order valence-corrected chi connectivity index (χ4v) is 8.13. The van der Waals surface area contributed by atoms with Gasteiger partial charge in [0.05, 0.1) is 6.42 Å². The molecule has 0 aromatic heterocycles. The van der Waals surface area contributed by atoms with Crippen molar-refractivity contribution in [1.29, 1.82) is 0 Å². The molecule has 4 heteroatoms. The molecule has 0 saturated heterocycles. The maximum atomic E-state index is 6.35. The van der Waals surface area contributed by atoms with Crippen LogP contribution >= 0.6 is 0 Å². The minimum Gasteiger partial charge on any atom is -0.198 e. The molecule has 2 aromatic rings. The molecule has 3 aliphatic rings. The third kappa shape index (κ3) is 5.14. The Labute approximate surface area is 270 Å². The Morgan fingerprint density at radius 2 is 1.45 bits per heavy atom. The Balaban J connectivity index is 1.55. The molecule has 221 valence electrons. The van der Waals surface area contributed by atoms with E-state index in [1.807, 2.05) is 7.06 Å². The molecule has 1 atom stereocenters. The minimum atomic E-state index is 0.0133. The molecule has 3 radical (unpaired) electrons. The third-order valence-electron chi connectivity index (χ3n) is 11.8. The molecule has 0 spiro atoms. The summed E-state index contributed by atoms with van der Waals surface area (Å²) >= 11 is 0. The maximum absolute atomic E-state index is 6.35. The second-order valence-corrected chi connectivity index (χ2v) is 13.6. The van der Waals surface area contributed by atoms with E-state index in [0.717, 1.165) is 25.7 Å². The molecule has 2 aliphatic heterocycles. The molecule has 1 unspecified atom stereocenters. The Morgan fingerprint density at radius 1 is 0.841 bits per heavy atom. The summed E-state index contributed by atoms with van der Waals surface area (Å²) in [6, 6.07) is 0. The second-order valence-electron chi connectivity index (χ2n) is 13.6. The van der Waals surface area contributed by atoms with Gasteiger partial charge < -0.3 is 0 Å². The van der Waals surface area contributed by atoms with E-state index < -0.39 is 0 Å². The van der Waals surface area contributed by atoms with E-state index in [0.29, 0.717) is 5.92 Å². The van der Waals surface area contributed by atoms with Crippen molar-refractivity contribution < 1.29 is 4.58 Å². The van der Waals surface area contributed by atoms with Crippen LogP contribution in [-0.2, 0) is 12.8 Å². The molecule has 0 fully saturated rings. The van der Waals surface area contributed by atoms with E-state index in [-0.39, 0.29) is 6.60 Å². The number of hydrogen-bond donors (Lipinski definition) is 0. The first-order valence-corrected chi connectivity index (χ1v) is 16.3. The number of benzene rings is 2. The van der Waals surface area contributed by atoms with Gasteiger partial charge in [-0.3, -0.25) is 0 Å². The number of hydrogen-bond acceptors (Lipinski definition) is 0.